The van der Waals surface area contributed by atoms with Crippen LogP contribution in [0.4, 0.5) is 5.69 Å². The first kappa shape index (κ1) is 18.0. The molecule has 0 spiro atoms. The molecule has 0 saturated carbocycles. The van der Waals surface area contributed by atoms with Crippen molar-refractivity contribution in [1.29, 1.82) is 0 Å². The van der Waals surface area contributed by atoms with Crippen molar-refractivity contribution in [2.45, 2.75) is 6.92 Å². The van der Waals surface area contributed by atoms with Gasteiger partial charge in [-0.3, -0.25) is 4.79 Å². The summed E-state index contributed by atoms with van der Waals surface area (Å²) in [5.41, 5.74) is 4.22. The van der Waals surface area contributed by atoms with E-state index in [4.69, 9.17) is 16.3 Å². The molecule has 7 heteroatoms. The molecule has 0 radical (unpaired) electrons. The van der Waals surface area contributed by atoms with E-state index in [-0.39, 0.29) is 5.91 Å². The highest BCUT2D eigenvalue weighted by molar-refractivity contribution is 6.31. The van der Waals surface area contributed by atoms with Gasteiger partial charge < -0.3 is 10.1 Å². The smallest absolute Gasteiger partial charge is 0.259 e. The summed E-state index contributed by atoms with van der Waals surface area (Å²) in [6, 6.07) is 18.1. The monoisotopic (exact) mass is 392 g/mol. The number of nitrogens with zero attached hydrogens (tertiary/aromatic N) is 3. The van der Waals surface area contributed by atoms with E-state index in [0.717, 1.165) is 11.3 Å². The maximum absolute atomic E-state index is 12.6. The van der Waals surface area contributed by atoms with Crippen LogP contribution in [0, 0.1) is 6.92 Å². The lowest BCUT2D eigenvalue weighted by Crippen LogP contribution is -2.13. The first-order valence-electron chi connectivity index (χ1n) is 8.63. The Bertz CT molecular complexity index is 1190. The summed E-state index contributed by atoms with van der Waals surface area (Å²) in [5.74, 6) is 0.262. The third-order valence-electron chi connectivity index (χ3n) is 4.38. The Morgan fingerprint density at radius 1 is 1.04 bits per heavy atom. The maximum Gasteiger partial charge on any atom is 0.259 e. The molecule has 4 rings (SSSR count). The third-order valence-corrected chi connectivity index (χ3v) is 4.78. The largest absolute Gasteiger partial charge is 0.496 e. The second kappa shape index (κ2) is 7.32. The molecule has 0 atom stereocenters. The van der Waals surface area contributed by atoms with Gasteiger partial charge >= 0.3 is 0 Å². The number of aromatic nitrogens is 3. The SMILES string of the molecule is COc1ccccc1C(=O)Nc1ccc2nn(-c3ccc(C)c(Cl)c3)nc2c1. The third kappa shape index (κ3) is 3.42. The van der Waals surface area contributed by atoms with Gasteiger partial charge in [0.2, 0.25) is 0 Å². The highest BCUT2D eigenvalue weighted by Crippen LogP contribution is 2.23. The topological polar surface area (TPSA) is 69.0 Å². The zero-order valence-electron chi connectivity index (χ0n) is 15.3. The number of para-hydroxylation sites is 1. The molecule has 0 aliphatic carbocycles. The molecule has 6 nitrogen and oxygen atoms in total. The number of nitrogens with one attached hydrogen (secondary N) is 1. The summed E-state index contributed by atoms with van der Waals surface area (Å²) in [7, 11) is 1.54. The Kier molecular flexibility index (Phi) is 4.71. The molecule has 4 aromatic rings. The standard InChI is InChI=1S/C21H17ClN4O2/c1-13-7-9-15(12-17(13)22)26-24-18-10-8-14(11-19(18)25-26)23-21(27)16-5-3-4-6-20(16)28-2/h3-12H,1-2H3,(H,23,27). The van der Waals surface area contributed by atoms with E-state index in [1.165, 1.54) is 11.9 Å². The Hall–Kier alpha value is -3.38. The van der Waals surface area contributed by atoms with Crippen molar-refractivity contribution in [2.24, 2.45) is 0 Å². The van der Waals surface area contributed by atoms with E-state index >= 15 is 0 Å². The molecule has 0 aliphatic heterocycles. The summed E-state index contributed by atoms with van der Waals surface area (Å²) < 4.78 is 5.25. The predicted octanol–water partition coefficient (Wildman–Crippen LogP) is 4.64. The van der Waals surface area contributed by atoms with Crippen LogP contribution in [-0.2, 0) is 0 Å². The number of rotatable bonds is 4. The van der Waals surface area contributed by atoms with Gasteiger partial charge in [0.25, 0.3) is 5.91 Å². The fraction of sp³-hybridized carbons (Fsp3) is 0.0952. The number of ether oxygens (including phenoxy) is 1. The Labute approximate surface area is 166 Å². The minimum atomic E-state index is -0.255. The zero-order valence-corrected chi connectivity index (χ0v) is 16.1. The van der Waals surface area contributed by atoms with Gasteiger partial charge in [-0.2, -0.15) is 4.80 Å². The average molecular weight is 393 g/mol. The Morgan fingerprint density at radius 3 is 2.61 bits per heavy atom. The number of hydrogen-bond donors (Lipinski definition) is 1. The molecule has 0 unspecified atom stereocenters. The number of amides is 1. The van der Waals surface area contributed by atoms with E-state index in [2.05, 4.69) is 15.5 Å². The van der Waals surface area contributed by atoms with Crippen LogP contribution >= 0.6 is 11.6 Å². The lowest BCUT2D eigenvalue weighted by Gasteiger charge is -2.08. The van der Waals surface area contributed by atoms with Crippen LogP contribution in [-0.4, -0.2) is 28.0 Å². The minimum Gasteiger partial charge on any atom is -0.496 e. The highest BCUT2D eigenvalue weighted by atomic mass is 35.5. The first-order chi connectivity index (χ1) is 13.5. The number of halogens is 1. The fourth-order valence-corrected chi connectivity index (χ4v) is 3.02. The molecule has 1 N–H and O–H groups in total. The quantitative estimate of drug-likeness (QED) is 0.549. The van der Waals surface area contributed by atoms with Crippen LogP contribution < -0.4 is 10.1 Å². The van der Waals surface area contributed by atoms with Crippen molar-refractivity contribution in [3.8, 4) is 11.4 Å². The zero-order chi connectivity index (χ0) is 19.7. The normalized spacial score (nSPS) is 10.8. The molecule has 0 saturated heterocycles. The van der Waals surface area contributed by atoms with E-state index in [1.54, 1.807) is 30.3 Å². The van der Waals surface area contributed by atoms with Crippen molar-refractivity contribution in [3.05, 3.63) is 76.8 Å². The number of fused-ring (bicyclic) bond motifs is 1. The number of aryl methyl sites for hydroxylation is 1. The molecule has 28 heavy (non-hydrogen) atoms. The Morgan fingerprint density at radius 2 is 1.82 bits per heavy atom. The highest BCUT2D eigenvalue weighted by Gasteiger charge is 2.13. The van der Waals surface area contributed by atoms with Crippen molar-refractivity contribution in [3.63, 3.8) is 0 Å². The Balaban J connectivity index is 1.63. The van der Waals surface area contributed by atoms with Gasteiger partial charge in [-0.1, -0.05) is 29.8 Å². The van der Waals surface area contributed by atoms with Gasteiger partial charge in [0.05, 0.1) is 18.4 Å². The molecule has 0 fully saturated rings. The summed E-state index contributed by atoms with van der Waals surface area (Å²) in [6.45, 7) is 1.94. The summed E-state index contributed by atoms with van der Waals surface area (Å²) >= 11 is 6.20. The summed E-state index contributed by atoms with van der Waals surface area (Å²) in [6.07, 6.45) is 0. The molecule has 1 heterocycles. The molecule has 3 aromatic carbocycles. The van der Waals surface area contributed by atoms with Crippen LogP contribution in [0.5, 0.6) is 5.75 Å². The van der Waals surface area contributed by atoms with E-state index in [1.807, 2.05) is 37.3 Å². The number of anilines is 1. The molecule has 140 valence electrons. The molecule has 1 aromatic heterocycles. The molecule has 1 amide bonds. The molecule has 0 bridgehead atoms. The maximum atomic E-state index is 12.6. The van der Waals surface area contributed by atoms with Crippen molar-refractivity contribution in [1.82, 2.24) is 15.0 Å². The van der Waals surface area contributed by atoms with Crippen LogP contribution in [0.15, 0.2) is 60.7 Å². The van der Waals surface area contributed by atoms with E-state index in [0.29, 0.717) is 33.1 Å². The average Bonchev–Trinajstić information content (AvgIpc) is 3.13. The van der Waals surface area contributed by atoms with Gasteiger partial charge in [-0.05, 0) is 55.0 Å². The minimum absolute atomic E-state index is 0.255. The van der Waals surface area contributed by atoms with E-state index < -0.39 is 0 Å². The number of hydrogen-bond acceptors (Lipinski definition) is 4. The lowest BCUT2D eigenvalue weighted by atomic mass is 10.2. The number of methoxy groups -OCH3 is 1. The molecular weight excluding hydrogens is 376 g/mol. The summed E-state index contributed by atoms with van der Waals surface area (Å²) in [5, 5.41) is 12.5. The second-order valence-electron chi connectivity index (χ2n) is 6.28. The van der Waals surface area contributed by atoms with Gasteiger partial charge in [-0.25, -0.2) is 0 Å². The second-order valence-corrected chi connectivity index (χ2v) is 6.69. The van der Waals surface area contributed by atoms with Crippen molar-refractivity contribution >= 4 is 34.2 Å². The van der Waals surface area contributed by atoms with Gasteiger partial charge in [0.1, 0.15) is 16.8 Å². The van der Waals surface area contributed by atoms with Crippen LogP contribution in [0.1, 0.15) is 15.9 Å². The van der Waals surface area contributed by atoms with Crippen LogP contribution in [0.25, 0.3) is 16.7 Å². The number of carbonyl (C=O) groups excluding carboxylic acids is 1. The number of carbonyl (C=O) groups is 1. The number of benzene rings is 3. The predicted molar refractivity (Wildman–Crippen MR) is 110 cm³/mol. The van der Waals surface area contributed by atoms with Crippen LogP contribution in [0.3, 0.4) is 0 Å². The van der Waals surface area contributed by atoms with Gasteiger partial charge in [-0.15, -0.1) is 10.2 Å². The van der Waals surface area contributed by atoms with Crippen molar-refractivity contribution in [2.75, 3.05) is 12.4 Å². The summed E-state index contributed by atoms with van der Waals surface area (Å²) in [4.78, 5) is 14.1. The van der Waals surface area contributed by atoms with Crippen molar-refractivity contribution < 1.29 is 9.53 Å². The first-order valence-corrected chi connectivity index (χ1v) is 9.01. The van der Waals surface area contributed by atoms with Gasteiger partial charge in [0, 0.05) is 10.7 Å². The lowest BCUT2D eigenvalue weighted by molar-refractivity contribution is 0.102. The fourth-order valence-electron chi connectivity index (χ4n) is 2.84. The van der Waals surface area contributed by atoms with Crippen LogP contribution in [0.2, 0.25) is 5.02 Å². The molecular formula is C21H17ClN4O2. The molecule has 0 aliphatic rings. The van der Waals surface area contributed by atoms with E-state index in [9.17, 15) is 4.79 Å². The van der Waals surface area contributed by atoms with Gasteiger partial charge in [0.15, 0.2) is 0 Å².